The van der Waals surface area contributed by atoms with Crippen molar-refractivity contribution in [1.82, 2.24) is 0 Å². The molecule has 0 aliphatic heterocycles. The topological polar surface area (TPSA) is 0 Å². The number of hydrogen-bond donors (Lipinski definition) is 0. The van der Waals surface area contributed by atoms with E-state index < -0.39 is 11.7 Å². The van der Waals surface area contributed by atoms with Crippen molar-refractivity contribution in [1.29, 1.82) is 0 Å². The van der Waals surface area contributed by atoms with Crippen LogP contribution in [0.5, 0.6) is 0 Å². The van der Waals surface area contributed by atoms with Crippen LogP contribution in [-0.2, 0) is 19.0 Å². The Morgan fingerprint density at radius 2 is 1.47 bits per heavy atom. The molecule has 0 N–H and O–H groups in total. The van der Waals surface area contributed by atoms with Crippen LogP contribution in [0.1, 0.15) is 16.7 Å². The van der Waals surface area contributed by atoms with Crippen LogP contribution < -0.4 is 0 Å². The highest BCUT2D eigenvalue weighted by Crippen LogP contribution is 2.42. The van der Waals surface area contributed by atoms with Crippen LogP contribution >= 0.6 is 15.9 Å². The number of halogens is 4. The second-order valence-corrected chi connectivity index (χ2v) is 5.08. The molecule has 3 rings (SSSR count). The molecule has 0 amide bonds. The zero-order chi connectivity index (χ0) is 12.2. The van der Waals surface area contributed by atoms with Crippen molar-refractivity contribution >= 4 is 26.7 Å². The fraction of sp³-hybridized carbons (Fsp3) is 0.231. The maximum absolute atomic E-state index is 13.0. The molecule has 17 heavy (non-hydrogen) atoms. The lowest BCUT2D eigenvalue weighted by atomic mass is 10.00. The molecule has 0 bridgehead atoms. The Labute approximate surface area is 105 Å². The normalized spacial score (nSPS) is 14.6. The fourth-order valence-corrected chi connectivity index (χ4v) is 3.07. The molecule has 0 fully saturated rings. The summed E-state index contributed by atoms with van der Waals surface area (Å²) in [6.07, 6.45) is -2.64. The van der Waals surface area contributed by atoms with E-state index in [0.717, 1.165) is 29.4 Å². The largest absolute Gasteiger partial charge is 0.417 e. The molecule has 0 spiro atoms. The molecule has 2 aromatic carbocycles. The summed E-state index contributed by atoms with van der Waals surface area (Å²) in [5.74, 6) is 0. The van der Waals surface area contributed by atoms with E-state index in [4.69, 9.17) is 0 Å². The standard InChI is InChI=1S/C13H8BrF3/c14-10-6-4-8-2-1-7-3-5-9(13(15,16)17)12(10)11(7)8/h3-6H,1-2H2. The van der Waals surface area contributed by atoms with Crippen LogP contribution in [0.2, 0.25) is 0 Å². The maximum atomic E-state index is 13.0. The Bertz CT molecular complexity index is 604. The molecule has 1 aliphatic carbocycles. The molecular weight excluding hydrogens is 293 g/mol. The third kappa shape index (κ3) is 1.58. The molecule has 0 saturated heterocycles. The van der Waals surface area contributed by atoms with Gasteiger partial charge in [0.2, 0.25) is 0 Å². The summed E-state index contributed by atoms with van der Waals surface area (Å²) >= 11 is 3.24. The number of benzene rings is 2. The minimum Gasteiger partial charge on any atom is -0.166 e. The van der Waals surface area contributed by atoms with Crippen LogP contribution in [0, 0.1) is 0 Å². The Kier molecular flexibility index (Phi) is 2.27. The zero-order valence-electron chi connectivity index (χ0n) is 8.74. The minimum absolute atomic E-state index is 0.310. The van der Waals surface area contributed by atoms with Crippen molar-refractivity contribution in [2.75, 3.05) is 0 Å². The summed E-state index contributed by atoms with van der Waals surface area (Å²) in [7, 11) is 0. The van der Waals surface area contributed by atoms with Crippen LogP contribution in [0.15, 0.2) is 28.7 Å². The molecule has 88 valence electrons. The predicted octanol–water partition coefficient (Wildman–Crippen LogP) is 4.72. The van der Waals surface area contributed by atoms with Crippen LogP contribution in [0.4, 0.5) is 13.2 Å². The quantitative estimate of drug-likeness (QED) is 0.660. The van der Waals surface area contributed by atoms with Crippen molar-refractivity contribution in [3.05, 3.63) is 45.4 Å². The first-order chi connectivity index (χ1) is 7.98. The van der Waals surface area contributed by atoms with Crippen molar-refractivity contribution in [2.24, 2.45) is 0 Å². The molecule has 0 aromatic heterocycles. The number of aryl methyl sites for hydroxylation is 2. The number of rotatable bonds is 0. The zero-order valence-corrected chi connectivity index (χ0v) is 10.3. The predicted molar refractivity (Wildman–Crippen MR) is 64.1 cm³/mol. The van der Waals surface area contributed by atoms with Crippen molar-refractivity contribution < 1.29 is 13.2 Å². The Morgan fingerprint density at radius 3 is 2.06 bits per heavy atom. The molecule has 0 unspecified atom stereocenters. The molecule has 0 heterocycles. The van der Waals surface area contributed by atoms with Crippen LogP contribution in [0.25, 0.3) is 10.8 Å². The first kappa shape index (κ1) is 11.1. The fourth-order valence-electron chi connectivity index (χ4n) is 2.52. The van der Waals surface area contributed by atoms with Gasteiger partial charge in [-0.05, 0) is 41.5 Å². The first-order valence-electron chi connectivity index (χ1n) is 5.28. The maximum Gasteiger partial charge on any atom is 0.417 e. The smallest absolute Gasteiger partial charge is 0.166 e. The second kappa shape index (κ2) is 3.48. The lowest BCUT2D eigenvalue weighted by Gasteiger charge is -2.13. The SMILES string of the molecule is FC(F)(F)c1ccc2c3c(ccc(Br)c13)CC2. The van der Waals surface area contributed by atoms with Gasteiger partial charge < -0.3 is 0 Å². The van der Waals surface area contributed by atoms with E-state index in [-0.39, 0.29) is 0 Å². The Morgan fingerprint density at radius 1 is 0.882 bits per heavy atom. The summed E-state index contributed by atoms with van der Waals surface area (Å²) in [6, 6.07) is 6.41. The van der Waals surface area contributed by atoms with Gasteiger partial charge in [0.25, 0.3) is 0 Å². The van der Waals surface area contributed by atoms with E-state index in [1.54, 1.807) is 12.1 Å². The monoisotopic (exact) mass is 300 g/mol. The van der Waals surface area contributed by atoms with Crippen molar-refractivity contribution in [2.45, 2.75) is 19.0 Å². The molecule has 0 saturated carbocycles. The van der Waals surface area contributed by atoms with Gasteiger partial charge in [0.1, 0.15) is 0 Å². The molecular formula is C13H8BrF3. The van der Waals surface area contributed by atoms with Gasteiger partial charge >= 0.3 is 6.18 Å². The lowest BCUT2D eigenvalue weighted by molar-refractivity contribution is -0.136. The average Bonchev–Trinajstić information content (AvgIpc) is 2.66. The summed E-state index contributed by atoms with van der Waals surface area (Å²) in [6.45, 7) is 0. The van der Waals surface area contributed by atoms with E-state index in [2.05, 4.69) is 15.9 Å². The molecule has 2 aromatic rings. The van der Waals surface area contributed by atoms with Gasteiger partial charge in [0, 0.05) is 9.86 Å². The van der Waals surface area contributed by atoms with Gasteiger partial charge in [0.05, 0.1) is 5.56 Å². The Hall–Kier alpha value is -1.03. The molecule has 0 radical (unpaired) electrons. The average molecular weight is 301 g/mol. The summed E-state index contributed by atoms with van der Waals surface area (Å²) in [5.41, 5.74) is 1.49. The molecule has 4 heteroatoms. The van der Waals surface area contributed by atoms with Crippen molar-refractivity contribution in [3.63, 3.8) is 0 Å². The van der Waals surface area contributed by atoms with E-state index in [1.807, 2.05) is 6.07 Å². The van der Waals surface area contributed by atoms with E-state index in [0.29, 0.717) is 9.86 Å². The Balaban J connectivity index is 2.49. The summed E-state index contributed by atoms with van der Waals surface area (Å²) in [5, 5.41) is 1.10. The number of hydrogen-bond acceptors (Lipinski definition) is 0. The molecule has 0 atom stereocenters. The molecule has 0 nitrogen and oxygen atoms in total. The third-order valence-corrected chi connectivity index (χ3v) is 3.91. The highest BCUT2D eigenvalue weighted by Gasteiger charge is 2.34. The van der Waals surface area contributed by atoms with Gasteiger partial charge in [-0.3, -0.25) is 0 Å². The van der Waals surface area contributed by atoms with Gasteiger partial charge in [-0.15, -0.1) is 0 Å². The van der Waals surface area contributed by atoms with Gasteiger partial charge in [-0.1, -0.05) is 28.1 Å². The third-order valence-electron chi connectivity index (χ3n) is 3.25. The van der Waals surface area contributed by atoms with Crippen LogP contribution in [0.3, 0.4) is 0 Å². The van der Waals surface area contributed by atoms with Gasteiger partial charge in [0.15, 0.2) is 0 Å². The summed E-state index contributed by atoms with van der Waals surface area (Å²) in [4.78, 5) is 0. The lowest BCUT2D eigenvalue weighted by Crippen LogP contribution is -2.06. The second-order valence-electron chi connectivity index (χ2n) is 4.23. The molecule has 1 aliphatic rings. The highest BCUT2D eigenvalue weighted by atomic mass is 79.9. The van der Waals surface area contributed by atoms with Crippen molar-refractivity contribution in [3.8, 4) is 0 Å². The van der Waals surface area contributed by atoms with E-state index >= 15 is 0 Å². The highest BCUT2D eigenvalue weighted by molar-refractivity contribution is 9.10. The first-order valence-corrected chi connectivity index (χ1v) is 6.08. The van der Waals surface area contributed by atoms with Gasteiger partial charge in [-0.25, -0.2) is 0 Å². The van der Waals surface area contributed by atoms with Gasteiger partial charge in [-0.2, -0.15) is 13.2 Å². The summed E-state index contributed by atoms with van der Waals surface area (Å²) < 4.78 is 39.4. The van der Waals surface area contributed by atoms with E-state index in [1.165, 1.54) is 6.07 Å². The minimum atomic E-state index is -4.30. The van der Waals surface area contributed by atoms with Crippen LogP contribution in [-0.4, -0.2) is 0 Å². The van der Waals surface area contributed by atoms with E-state index in [9.17, 15) is 13.2 Å². The number of alkyl halides is 3.